The molecule has 1 saturated heterocycles. The number of rotatable bonds is 10. The van der Waals surface area contributed by atoms with Crippen LogP contribution in [0.2, 0.25) is 0 Å². The smallest absolute Gasteiger partial charge is 0.269 e. The third-order valence-electron chi connectivity index (χ3n) is 6.64. The van der Waals surface area contributed by atoms with Gasteiger partial charge in [0.25, 0.3) is 5.91 Å². The first-order valence-electron chi connectivity index (χ1n) is 13.3. The van der Waals surface area contributed by atoms with E-state index in [0.29, 0.717) is 49.0 Å². The number of methoxy groups -OCH3 is 1. The Balaban J connectivity index is 1.32. The SMILES string of the molecule is C=C(C(=O)NNc1nccc(-n2cc(CN(C)C)c(-c3ccccc3)n2)n1)c1ccc(OC)cc1N1CCOCC1. The predicted molar refractivity (Wildman–Crippen MR) is 159 cm³/mol. The van der Waals surface area contributed by atoms with Crippen molar-refractivity contribution in [3.63, 3.8) is 0 Å². The van der Waals surface area contributed by atoms with Crippen molar-refractivity contribution in [2.45, 2.75) is 6.54 Å². The van der Waals surface area contributed by atoms with Crippen LogP contribution in [0.25, 0.3) is 22.6 Å². The van der Waals surface area contributed by atoms with Crippen LogP contribution in [0.15, 0.2) is 73.6 Å². The predicted octanol–water partition coefficient (Wildman–Crippen LogP) is 3.39. The molecule has 2 aromatic heterocycles. The Bertz CT molecular complexity index is 1510. The molecule has 11 heteroatoms. The molecule has 2 N–H and O–H groups in total. The zero-order chi connectivity index (χ0) is 28.8. The second-order valence-electron chi connectivity index (χ2n) is 9.83. The standard InChI is InChI=1S/C30H34N8O3/c1-21(25-11-10-24(40-4)18-26(25)37-14-16-41-17-15-37)29(39)33-34-30-31-13-12-27(32-30)38-20-23(19-36(2)3)28(35-38)22-8-6-5-7-9-22/h5-13,18,20H,1,14-17,19H2,2-4H3,(H,33,39)(H,31,32,34). The molecule has 41 heavy (non-hydrogen) atoms. The number of nitrogens with one attached hydrogen (secondary N) is 2. The number of carbonyl (C=O) groups is 1. The fourth-order valence-corrected chi connectivity index (χ4v) is 4.63. The summed E-state index contributed by atoms with van der Waals surface area (Å²) in [6.45, 7) is 7.44. The summed E-state index contributed by atoms with van der Waals surface area (Å²) in [5.74, 6) is 1.08. The summed E-state index contributed by atoms with van der Waals surface area (Å²) in [7, 11) is 5.66. The number of amides is 1. The van der Waals surface area contributed by atoms with E-state index in [0.717, 1.165) is 29.1 Å². The second-order valence-corrected chi connectivity index (χ2v) is 9.83. The lowest BCUT2D eigenvalue weighted by atomic mass is 10.0. The average Bonchev–Trinajstić information content (AvgIpc) is 3.43. The topological polar surface area (TPSA) is 110 Å². The van der Waals surface area contributed by atoms with Crippen molar-refractivity contribution in [3.05, 3.63) is 84.7 Å². The largest absolute Gasteiger partial charge is 0.497 e. The van der Waals surface area contributed by atoms with Gasteiger partial charge in [-0.2, -0.15) is 10.1 Å². The maximum absolute atomic E-state index is 13.1. The zero-order valence-electron chi connectivity index (χ0n) is 23.5. The lowest BCUT2D eigenvalue weighted by molar-refractivity contribution is -0.115. The fraction of sp³-hybridized carbons (Fsp3) is 0.267. The van der Waals surface area contributed by atoms with Crippen LogP contribution in [0.3, 0.4) is 0 Å². The van der Waals surface area contributed by atoms with Crippen molar-refractivity contribution in [2.75, 3.05) is 57.8 Å². The lowest BCUT2D eigenvalue weighted by Gasteiger charge is -2.31. The van der Waals surface area contributed by atoms with Crippen molar-refractivity contribution >= 4 is 23.1 Å². The zero-order valence-corrected chi connectivity index (χ0v) is 23.5. The summed E-state index contributed by atoms with van der Waals surface area (Å²) >= 11 is 0. The van der Waals surface area contributed by atoms with Gasteiger partial charge in [0.05, 0.1) is 26.0 Å². The highest BCUT2D eigenvalue weighted by atomic mass is 16.5. The molecular weight excluding hydrogens is 520 g/mol. The molecule has 0 aliphatic carbocycles. The molecule has 1 aliphatic rings. The van der Waals surface area contributed by atoms with E-state index in [1.165, 1.54) is 0 Å². The van der Waals surface area contributed by atoms with Crippen LogP contribution in [0, 0.1) is 0 Å². The van der Waals surface area contributed by atoms with Crippen molar-refractivity contribution in [3.8, 4) is 22.8 Å². The van der Waals surface area contributed by atoms with Gasteiger partial charge in [-0.15, -0.1) is 0 Å². The van der Waals surface area contributed by atoms with Crippen molar-refractivity contribution in [1.82, 2.24) is 30.1 Å². The molecule has 0 radical (unpaired) electrons. The van der Waals surface area contributed by atoms with E-state index in [4.69, 9.17) is 14.6 Å². The highest BCUT2D eigenvalue weighted by molar-refractivity contribution is 6.20. The molecule has 1 amide bonds. The van der Waals surface area contributed by atoms with Gasteiger partial charge in [0.15, 0.2) is 5.82 Å². The monoisotopic (exact) mass is 554 g/mol. The van der Waals surface area contributed by atoms with E-state index in [1.54, 1.807) is 24.1 Å². The Morgan fingerprint density at radius 1 is 1.12 bits per heavy atom. The van der Waals surface area contributed by atoms with E-state index >= 15 is 0 Å². The van der Waals surface area contributed by atoms with Crippen molar-refractivity contribution in [2.24, 2.45) is 0 Å². The molecule has 2 aromatic carbocycles. The maximum Gasteiger partial charge on any atom is 0.269 e. The Morgan fingerprint density at radius 2 is 1.90 bits per heavy atom. The Kier molecular flexibility index (Phi) is 8.56. The third-order valence-corrected chi connectivity index (χ3v) is 6.64. The Hall–Kier alpha value is -4.74. The summed E-state index contributed by atoms with van der Waals surface area (Å²) in [5, 5.41) is 4.82. The minimum absolute atomic E-state index is 0.220. The van der Waals surface area contributed by atoms with E-state index in [2.05, 4.69) is 37.2 Å². The number of carbonyl (C=O) groups excluding carboxylic acids is 1. The lowest BCUT2D eigenvalue weighted by Crippen LogP contribution is -2.37. The molecule has 3 heterocycles. The van der Waals surface area contributed by atoms with Gasteiger partial charge in [0.2, 0.25) is 5.95 Å². The van der Waals surface area contributed by atoms with Gasteiger partial charge in [0, 0.05) is 72.1 Å². The van der Waals surface area contributed by atoms with Crippen LogP contribution in [0.4, 0.5) is 11.6 Å². The molecule has 0 bridgehead atoms. The normalized spacial score (nSPS) is 13.2. The van der Waals surface area contributed by atoms with E-state index < -0.39 is 5.91 Å². The second kappa shape index (κ2) is 12.6. The minimum Gasteiger partial charge on any atom is -0.497 e. The molecule has 5 rings (SSSR count). The molecule has 4 aromatic rings. The van der Waals surface area contributed by atoms with E-state index in [1.807, 2.05) is 68.8 Å². The molecule has 11 nitrogen and oxygen atoms in total. The summed E-state index contributed by atoms with van der Waals surface area (Å²) < 4.78 is 12.6. The molecule has 0 unspecified atom stereocenters. The van der Waals surface area contributed by atoms with E-state index in [9.17, 15) is 4.79 Å². The van der Waals surface area contributed by atoms with Gasteiger partial charge in [-0.25, -0.2) is 9.67 Å². The molecule has 1 aliphatic heterocycles. The molecule has 0 atom stereocenters. The van der Waals surface area contributed by atoms with Crippen LogP contribution in [-0.4, -0.2) is 78.1 Å². The number of morpholine rings is 1. The summed E-state index contributed by atoms with van der Waals surface area (Å²) in [4.78, 5) is 26.2. The van der Waals surface area contributed by atoms with Crippen LogP contribution in [0.5, 0.6) is 5.75 Å². The van der Waals surface area contributed by atoms with Crippen LogP contribution < -0.4 is 20.5 Å². The summed E-state index contributed by atoms with van der Waals surface area (Å²) in [6.07, 6.45) is 3.58. The van der Waals surface area contributed by atoms with Crippen molar-refractivity contribution in [1.29, 1.82) is 0 Å². The first-order chi connectivity index (χ1) is 19.9. The third kappa shape index (κ3) is 6.53. The number of anilines is 2. The van der Waals surface area contributed by atoms with Gasteiger partial charge in [0.1, 0.15) is 5.75 Å². The molecule has 0 spiro atoms. The average molecular weight is 555 g/mol. The number of hydrazine groups is 1. The van der Waals surface area contributed by atoms with Gasteiger partial charge in [-0.3, -0.25) is 15.6 Å². The van der Waals surface area contributed by atoms with Crippen LogP contribution >= 0.6 is 0 Å². The highest BCUT2D eigenvalue weighted by Gasteiger charge is 2.21. The maximum atomic E-state index is 13.1. The van der Waals surface area contributed by atoms with Gasteiger partial charge in [-0.05, 0) is 26.2 Å². The van der Waals surface area contributed by atoms with Gasteiger partial charge >= 0.3 is 0 Å². The Labute approximate surface area is 239 Å². The number of aromatic nitrogens is 4. The van der Waals surface area contributed by atoms with Crippen LogP contribution in [-0.2, 0) is 16.1 Å². The number of nitrogens with zero attached hydrogens (tertiary/aromatic N) is 6. The number of hydrogen-bond donors (Lipinski definition) is 2. The number of hydrogen-bond acceptors (Lipinski definition) is 9. The van der Waals surface area contributed by atoms with Gasteiger partial charge in [-0.1, -0.05) is 36.9 Å². The molecular formula is C30H34N8O3. The molecule has 0 saturated carbocycles. The first kappa shape index (κ1) is 27.8. The molecule has 1 fully saturated rings. The summed E-state index contributed by atoms with van der Waals surface area (Å²) in [5.41, 5.74) is 10.3. The first-order valence-corrected chi connectivity index (χ1v) is 13.3. The van der Waals surface area contributed by atoms with Gasteiger partial charge < -0.3 is 19.3 Å². The number of benzene rings is 2. The van der Waals surface area contributed by atoms with Crippen molar-refractivity contribution < 1.29 is 14.3 Å². The fourth-order valence-electron chi connectivity index (χ4n) is 4.63. The highest BCUT2D eigenvalue weighted by Crippen LogP contribution is 2.31. The quantitative estimate of drug-likeness (QED) is 0.225. The summed E-state index contributed by atoms with van der Waals surface area (Å²) in [6, 6.07) is 17.4. The Morgan fingerprint density at radius 3 is 2.63 bits per heavy atom. The van der Waals surface area contributed by atoms with Crippen LogP contribution in [0.1, 0.15) is 11.1 Å². The van der Waals surface area contributed by atoms with E-state index in [-0.39, 0.29) is 5.95 Å². The minimum atomic E-state index is -0.405. The number of ether oxygens (including phenoxy) is 2. The molecule has 212 valence electrons.